The van der Waals surface area contributed by atoms with Crippen LogP contribution in [0.25, 0.3) is 11.4 Å². The van der Waals surface area contributed by atoms with Crippen LogP contribution in [0.2, 0.25) is 0 Å². The maximum Gasteiger partial charge on any atom is 0.471 e. The summed E-state index contributed by atoms with van der Waals surface area (Å²) in [7, 11) is 1.39. The third-order valence-electron chi connectivity index (χ3n) is 4.35. The van der Waals surface area contributed by atoms with Crippen molar-refractivity contribution in [3.8, 4) is 11.4 Å². The van der Waals surface area contributed by atoms with Crippen LogP contribution in [-0.4, -0.2) is 52.8 Å². The van der Waals surface area contributed by atoms with Crippen molar-refractivity contribution in [3.63, 3.8) is 0 Å². The van der Waals surface area contributed by atoms with E-state index in [4.69, 9.17) is 4.74 Å². The largest absolute Gasteiger partial charge is 0.471 e. The second kappa shape index (κ2) is 9.75. The first kappa shape index (κ1) is 24.1. The molecule has 12 heteroatoms. The molecule has 2 unspecified atom stereocenters. The number of hydrogen-bond acceptors (Lipinski definition) is 6. The van der Waals surface area contributed by atoms with Crippen molar-refractivity contribution in [1.82, 2.24) is 15.0 Å². The summed E-state index contributed by atoms with van der Waals surface area (Å²) >= 11 is 0. The van der Waals surface area contributed by atoms with Crippen LogP contribution in [0.5, 0.6) is 0 Å². The summed E-state index contributed by atoms with van der Waals surface area (Å²) in [5.74, 6) is -2.33. The van der Waals surface area contributed by atoms with E-state index in [2.05, 4.69) is 14.7 Å². The van der Waals surface area contributed by atoms with Gasteiger partial charge in [-0.05, 0) is 12.0 Å². The van der Waals surface area contributed by atoms with Gasteiger partial charge in [-0.1, -0.05) is 36.3 Å². The molecule has 0 bridgehead atoms. The van der Waals surface area contributed by atoms with E-state index in [1.165, 1.54) is 31.4 Å². The quantitative estimate of drug-likeness (QED) is 0.467. The van der Waals surface area contributed by atoms with Crippen LogP contribution in [-0.2, 0) is 17.5 Å². The number of ether oxygens (including phenoxy) is 1. The summed E-state index contributed by atoms with van der Waals surface area (Å²) in [6.07, 6.45) is -10.3. The molecule has 2 aromatic rings. The Kier molecular flexibility index (Phi) is 7.83. The number of aliphatic hydroxyl groups excluding tert-OH is 1. The van der Waals surface area contributed by atoms with Gasteiger partial charge in [0, 0.05) is 25.1 Å². The normalized spacial score (nSPS) is 14.9. The second-order valence-electron chi connectivity index (χ2n) is 6.68. The molecule has 2 rings (SSSR count). The molecule has 0 saturated heterocycles. The van der Waals surface area contributed by atoms with Gasteiger partial charge >= 0.3 is 18.2 Å². The Bertz CT molecular complexity index is 792. The van der Waals surface area contributed by atoms with E-state index >= 15 is 0 Å². The van der Waals surface area contributed by atoms with Gasteiger partial charge in [0.15, 0.2) is 0 Å². The Morgan fingerprint density at radius 1 is 1.13 bits per heavy atom. The maximum atomic E-state index is 13.0. The first-order chi connectivity index (χ1) is 13.9. The smallest absolute Gasteiger partial charge is 0.384 e. The van der Waals surface area contributed by atoms with Crippen LogP contribution < -0.4 is 0 Å². The molecule has 0 aliphatic heterocycles. The molecule has 0 amide bonds. The third-order valence-corrected chi connectivity index (χ3v) is 4.35. The Balaban J connectivity index is 2.18. The molecule has 1 N–H and O–H groups in total. The zero-order valence-corrected chi connectivity index (χ0v) is 16.2. The predicted octanol–water partition coefficient (Wildman–Crippen LogP) is 4.11. The fourth-order valence-corrected chi connectivity index (χ4v) is 2.85. The van der Waals surface area contributed by atoms with Crippen molar-refractivity contribution in [2.75, 3.05) is 20.3 Å². The summed E-state index contributed by atoms with van der Waals surface area (Å²) in [5.41, 5.74) is 0.612. The van der Waals surface area contributed by atoms with Gasteiger partial charge in [0.25, 0.3) is 0 Å². The topological polar surface area (TPSA) is 71.6 Å². The van der Waals surface area contributed by atoms with Gasteiger partial charge < -0.3 is 14.4 Å². The maximum absolute atomic E-state index is 13.0. The molecule has 6 nitrogen and oxygen atoms in total. The summed E-state index contributed by atoms with van der Waals surface area (Å²) in [6.45, 7) is 0.245. The van der Waals surface area contributed by atoms with Gasteiger partial charge in [-0.2, -0.15) is 31.3 Å². The molecule has 2 atom stereocenters. The Morgan fingerprint density at radius 3 is 2.23 bits per heavy atom. The Labute approximate surface area is 168 Å². The molecule has 30 heavy (non-hydrogen) atoms. The van der Waals surface area contributed by atoms with Gasteiger partial charge in [0.2, 0.25) is 5.82 Å². The minimum atomic E-state index is -4.78. The molecule has 0 aliphatic rings. The fraction of sp³-hybridized carbons (Fsp3) is 0.556. The molecule has 0 aliphatic carbocycles. The van der Waals surface area contributed by atoms with Gasteiger partial charge in [-0.25, -0.2) is 0 Å². The van der Waals surface area contributed by atoms with E-state index < -0.39 is 36.9 Å². The number of rotatable bonds is 9. The molecular weight excluding hydrogens is 420 g/mol. The standard InChI is InChI=1S/C18H21F6N3O3/c1-3-12(9-29-2)15(28)27(10-17(19,20)21)8-11-4-6-13(7-5-11)14-25-16(30-26-14)18(22,23)24/h4-7,12,15,28H,3,8-10H2,1-2H3. The van der Waals surface area contributed by atoms with Crippen LogP contribution in [0.15, 0.2) is 28.8 Å². The fourth-order valence-electron chi connectivity index (χ4n) is 2.85. The number of halogens is 6. The second-order valence-corrected chi connectivity index (χ2v) is 6.68. The third kappa shape index (κ3) is 6.67. The lowest BCUT2D eigenvalue weighted by molar-refractivity contribution is -0.178. The molecule has 1 heterocycles. The molecule has 0 radical (unpaired) electrons. The van der Waals surface area contributed by atoms with E-state index in [1.54, 1.807) is 6.92 Å². The van der Waals surface area contributed by atoms with Gasteiger partial charge in [0.1, 0.15) is 6.23 Å². The Morgan fingerprint density at radius 2 is 1.77 bits per heavy atom. The van der Waals surface area contributed by atoms with E-state index in [1.807, 2.05) is 0 Å². The first-order valence-electron chi connectivity index (χ1n) is 8.92. The van der Waals surface area contributed by atoms with Crippen molar-refractivity contribution in [2.24, 2.45) is 5.92 Å². The lowest BCUT2D eigenvalue weighted by atomic mass is 10.0. The molecular formula is C18H21F6N3O3. The van der Waals surface area contributed by atoms with Gasteiger partial charge in [-0.3, -0.25) is 4.90 Å². The summed E-state index contributed by atoms with van der Waals surface area (Å²) in [6, 6.07) is 5.58. The highest BCUT2D eigenvalue weighted by molar-refractivity contribution is 5.54. The zero-order chi connectivity index (χ0) is 22.5. The molecule has 1 aromatic carbocycles. The number of aromatic nitrogens is 2. The molecule has 0 saturated carbocycles. The molecule has 0 spiro atoms. The van der Waals surface area contributed by atoms with Crippen LogP contribution in [0.4, 0.5) is 26.3 Å². The SMILES string of the molecule is CCC(COC)C(O)N(Cc1ccc(-c2noc(C(F)(F)F)n2)cc1)CC(F)(F)F. The first-order valence-corrected chi connectivity index (χ1v) is 8.92. The van der Waals surface area contributed by atoms with E-state index in [9.17, 15) is 31.4 Å². The van der Waals surface area contributed by atoms with Crippen molar-refractivity contribution >= 4 is 0 Å². The van der Waals surface area contributed by atoms with E-state index in [-0.39, 0.29) is 24.5 Å². The molecule has 0 fully saturated rings. The number of hydrogen-bond donors (Lipinski definition) is 1. The van der Waals surface area contributed by atoms with Crippen molar-refractivity contribution in [1.29, 1.82) is 0 Å². The van der Waals surface area contributed by atoms with Crippen molar-refractivity contribution < 1.29 is 40.7 Å². The minimum Gasteiger partial charge on any atom is -0.384 e. The average molecular weight is 441 g/mol. The lowest BCUT2D eigenvalue weighted by Gasteiger charge is -2.33. The average Bonchev–Trinajstić information content (AvgIpc) is 3.15. The van der Waals surface area contributed by atoms with Gasteiger partial charge in [-0.15, -0.1) is 0 Å². The predicted molar refractivity (Wildman–Crippen MR) is 92.9 cm³/mol. The molecule has 168 valence electrons. The van der Waals surface area contributed by atoms with Crippen molar-refractivity contribution in [2.45, 2.75) is 38.5 Å². The van der Waals surface area contributed by atoms with Crippen LogP contribution in [0.1, 0.15) is 24.8 Å². The number of alkyl halides is 6. The van der Waals surface area contributed by atoms with Crippen molar-refractivity contribution in [3.05, 3.63) is 35.7 Å². The number of benzene rings is 1. The highest BCUT2D eigenvalue weighted by Gasteiger charge is 2.38. The van der Waals surface area contributed by atoms with Crippen LogP contribution >= 0.6 is 0 Å². The highest BCUT2D eigenvalue weighted by atomic mass is 19.4. The number of methoxy groups -OCH3 is 1. The van der Waals surface area contributed by atoms with Crippen LogP contribution in [0.3, 0.4) is 0 Å². The van der Waals surface area contributed by atoms with E-state index in [0.29, 0.717) is 12.0 Å². The number of nitrogens with zero attached hydrogens (tertiary/aromatic N) is 3. The monoisotopic (exact) mass is 441 g/mol. The lowest BCUT2D eigenvalue weighted by Crippen LogP contribution is -2.46. The Hall–Kier alpha value is -2.18. The van der Waals surface area contributed by atoms with Crippen LogP contribution in [0, 0.1) is 5.92 Å². The summed E-state index contributed by atoms with van der Waals surface area (Å²) in [4.78, 5) is 4.13. The zero-order valence-electron chi connectivity index (χ0n) is 16.2. The van der Waals surface area contributed by atoms with E-state index in [0.717, 1.165) is 4.90 Å². The molecule has 1 aromatic heterocycles. The van der Waals surface area contributed by atoms with Gasteiger partial charge in [0.05, 0.1) is 13.2 Å². The highest BCUT2D eigenvalue weighted by Crippen LogP contribution is 2.29. The minimum absolute atomic E-state index is 0.0876. The summed E-state index contributed by atoms with van der Waals surface area (Å²) < 4.78 is 85.8. The summed E-state index contributed by atoms with van der Waals surface area (Å²) in [5, 5.41) is 13.7. The number of aliphatic hydroxyl groups is 1.